The second-order valence-corrected chi connectivity index (χ2v) is 12.0. The lowest BCUT2D eigenvalue weighted by Gasteiger charge is -2.49. The molecular weight excluding hydrogens is 519 g/mol. The van der Waals surface area contributed by atoms with Crippen LogP contribution in [-0.2, 0) is 24.5 Å². The SMILES string of the molecule is C=CC[C@@]1(c2ccc(Cl)c(Cl)c2)C(=O)N([C@H](CN2CCCC2)c2ccccc2)CCC1OS(C)(=O)=O. The lowest BCUT2D eigenvalue weighted by atomic mass is 9.68. The van der Waals surface area contributed by atoms with Crippen LogP contribution < -0.4 is 0 Å². The fraction of sp³-hybridized carbons (Fsp3) is 0.444. The van der Waals surface area contributed by atoms with Gasteiger partial charge < -0.3 is 9.80 Å². The number of piperidine rings is 1. The summed E-state index contributed by atoms with van der Waals surface area (Å²) in [5.74, 6) is -0.200. The van der Waals surface area contributed by atoms with Gasteiger partial charge >= 0.3 is 0 Å². The van der Waals surface area contributed by atoms with Gasteiger partial charge in [-0.15, -0.1) is 6.58 Å². The van der Waals surface area contributed by atoms with E-state index in [2.05, 4.69) is 11.5 Å². The van der Waals surface area contributed by atoms with E-state index in [1.807, 2.05) is 35.2 Å². The minimum atomic E-state index is -3.84. The summed E-state index contributed by atoms with van der Waals surface area (Å²) in [4.78, 5) is 18.9. The summed E-state index contributed by atoms with van der Waals surface area (Å²) in [6.45, 7) is 6.97. The second kappa shape index (κ2) is 11.2. The van der Waals surface area contributed by atoms with Crippen LogP contribution in [0.5, 0.6) is 0 Å². The number of hydrogen-bond donors (Lipinski definition) is 0. The molecule has 0 radical (unpaired) electrons. The third-order valence-electron chi connectivity index (χ3n) is 7.21. The fourth-order valence-corrected chi connectivity index (χ4v) is 6.53. The van der Waals surface area contributed by atoms with Crippen molar-refractivity contribution in [3.05, 3.63) is 82.4 Å². The fourth-order valence-electron chi connectivity index (χ4n) is 5.55. The van der Waals surface area contributed by atoms with Gasteiger partial charge in [-0.1, -0.05) is 65.7 Å². The van der Waals surface area contributed by atoms with Gasteiger partial charge in [0.15, 0.2) is 0 Å². The number of hydrogen-bond acceptors (Lipinski definition) is 5. The number of nitrogens with zero attached hydrogens (tertiary/aromatic N) is 2. The zero-order valence-electron chi connectivity index (χ0n) is 20.4. The highest BCUT2D eigenvalue weighted by Gasteiger charge is 2.54. The molecule has 0 aromatic heterocycles. The largest absolute Gasteiger partial charge is 0.333 e. The Morgan fingerprint density at radius 1 is 1.11 bits per heavy atom. The van der Waals surface area contributed by atoms with Crippen molar-refractivity contribution in [1.29, 1.82) is 0 Å². The first-order valence-electron chi connectivity index (χ1n) is 12.2. The van der Waals surface area contributed by atoms with Crippen molar-refractivity contribution >= 4 is 39.2 Å². The predicted molar refractivity (Wildman–Crippen MR) is 144 cm³/mol. The molecule has 0 saturated carbocycles. The quantitative estimate of drug-likeness (QED) is 0.316. The Labute approximate surface area is 223 Å². The number of benzene rings is 2. The molecule has 36 heavy (non-hydrogen) atoms. The number of halogens is 2. The molecule has 2 aliphatic rings. The van der Waals surface area contributed by atoms with E-state index >= 15 is 0 Å². The van der Waals surface area contributed by atoms with Crippen molar-refractivity contribution in [3.63, 3.8) is 0 Å². The van der Waals surface area contributed by atoms with Gasteiger partial charge in [0, 0.05) is 13.1 Å². The van der Waals surface area contributed by atoms with E-state index in [9.17, 15) is 13.2 Å². The maximum atomic E-state index is 14.6. The van der Waals surface area contributed by atoms with Crippen LogP contribution >= 0.6 is 23.2 Å². The van der Waals surface area contributed by atoms with Crippen molar-refractivity contribution in [2.24, 2.45) is 0 Å². The molecule has 4 rings (SSSR count). The highest BCUT2D eigenvalue weighted by molar-refractivity contribution is 7.86. The maximum Gasteiger partial charge on any atom is 0.264 e. The van der Waals surface area contributed by atoms with Gasteiger partial charge in [-0.05, 0) is 62.0 Å². The van der Waals surface area contributed by atoms with E-state index in [1.165, 1.54) is 0 Å². The molecule has 1 unspecified atom stereocenters. The van der Waals surface area contributed by atoms with E-state index in [4.69, 9.17) is 27.4 Å². The van der Waals surface area contributed by atoms with Gasteiger partial charge in [-0.3, -0.25) is 8.98 Å². The standard InChI is InChI=1S/C27H32Cl2N2O4S/c1-3-14-27(21-11-12-22(28)23(29)18-21)25(35-36(2,33)34)13-17-31(26(27)32)24(19-30-15-7-8-16-30)20-9-5-4-6-10-20/h3-6,9-12,18,24-25H,1,7-8,13-17,19H2,2H3/t24-,25?,27+/m1/s1. The Hall–Kier alpha value is -1.90. The maximum absolute atomic E-state index is 14.6. The van der Waals surface area contributed by atoms with Crippen LogP contribution in [0.15, 0.2) is 61.2 Å². The van der Waals surface area contributed by atoms with Crippen molar-refractivity contribution in [2.75, 3.05) is 32.4 Å². The molecule has 2 aromatic carbocycles. The average molecular weight is 552 g/mol. The molecule has 6 nitrogen and oxygen atoms in total. The smallest absolute Gasteiger partial charge is 0.264 e. The monoisotopic (exact) mass is 550 g/mol. The van der Waals surface area contributed by atoms with Gasteiger partial charge in [-0.2, -0.15) is 8.42 Å². The van der Waals surface area contributed by atoms with Crippen LogP contribution in [0, 0.1) is 0 Å². The minimum absolute atomic E-state index is 0.186. The van der Waals surface area contributed by atoms with Crippen molar-refractivity contribution in [2.45, 2.75) is 43.2 Å². The van der Waals surface area contributed by atoms with Gasteiger partial charge in [0.1, 0.15) is 5.41 Å². The molecule has 2 aromatic rings. The molecule has 1 amide bonds. The van der Waals surface area contributed by atoms with Gasteiger partial charge in [-0.25, -0.2) is 0 Å². The van der Waals surface area contributed by atoms with Crippen LogP contribution in [0.25, 0.3) is 0 Å². The average Bonchev–Trinajstić information content (AvgIpc) is 3.35. The molecule has 0 bridgehead atoms. The van der Waals surface area contributed by atoms with E-state index < -0.39 is 21.6 Å². The Balaban J connectivity index is 1.83. The molecule has 3 atom stereocenters. The van der Waals surface area contributed by atoms with E-state index in [0.717, 1.165) is 37.8 Å². The predicted octanol–water partition coefficient (Wildman–Crippen LogP) is 5.22. The first-order valence-corrected chi connectivity index (χ1v) is 14.8. The molecule has 9 heteroatoms. The molecule has 0 spiro atoms. The summed E-state index contributed by atoms with van der Waals surface area (Å²) in [6, 6.07) is 14.8. The first kappa shape index (κ1) is 27.1. The second-order valence-electron chi connectivity index (χ2n) is 9.60. The molecule has 0 N–H and O–H groups in total. The number of carbonyl (C=O) groups excluding carboxylic acids is 1. The van der Waals surface area contributed by atoms with Gasteiger partial charge in [0.05, 0.1) is 28.4 Å². The van der Waals surface area contributed by atoms with Crippen molar-refractivity contribution in [1.82, 2.24) is 9.80 Å². The summed E-state index contributed by atoms with van der Waals surface area (Å²) in [5.41, 5.74) is 0.282. The van der Waals surface area contributed by atoms with Crippen LogP contribution in [-0.4, -0.2) is 62.7 Å². The Morgan fingerprint density at radius 3 is 2.42 bits per heavy atom. The number of amides is 1. The molecule has 2 heterocycles. The zero-order valence-corrected chi connectivity index (χ0v) is 22.7. The number of likely N-dealkylation sites (tertiary alicyclic amines) is 2. The summed E-state index contributed by atoms with van der Waals surface area (Å²) in [5, 5.41) is 0.642. The third kappa shape index (κ3) is 5.65. The van der Waals surface area contributed by atoms with Gasteiger partial charge in [0.2, 0.25) is 5.91 Å². The highest BCUT2D eigenvalue weighted by atomic mass is 35.5. The van der Waals surface area contributed by atoms with E-state index in [-0.39, 0.29) is 23.4 Å². The number of allylic oxidation sites excluding steroid dienone is 1. The Bertz CT molecular complexity index is 1200. The van der Waals surface area contributed by atoms with E-state index in [1.54, 1.807) is 24.3 Å². The molecule has 2 aliphatic heterocycles. The van der Waals surface area contributed by atoms with Crippen molar-refractivity contribution < 1.29 is 17.4 Å². The van der Waals surface area contributed by atoms with Crippen LogP contribution in [0.1, 0.15) is 42.9 Å². The molecule has 2 saturated heterocycles. The lowest BCUT2D eigenvalue weighted by Crippen LogP contribution is -2.61. The van der Waals surface area contributed by atoms with Gasteiger partial charge in [0.25, 0.3) is 10.1 Å². The molecule has 0 aliphatic carbocycles. The van der Waals surface area contributed by atoms with Crippen LogP contribution in [0.4, 0.5) is 0 Å². The number of rotatable bonds is 9. The van der Waals surface area contributed by atoms with Crippen LogP contribution in [0.3, 0.4) is 0 Å². The summed E-state index contributed by atoms with van der Waals surface area (Å²) < 4.78 is 30.2. The normalized spacial score (nSPS) is 24.1. The molecule has 2 fully saturated rings. The topological polar surface area (TPSA) is 66.9 Å². The summed E-state index contributed by atoms with van der Waals surface area (Å²) >= 11 is 12.6. The zero-order chi connectivity index (χ0) is 25.9. The Morgan fingerprint density at radius 2 is 1.81 bits per heavy atom. The summed E-state index contributed by atoms with van der Waals surface area (Å²) in [6.07, 6.45) is 4.56. The van der Waals surface area contributed by atoms with Crippen molar-refractivity contribution in [3.8, 4) is 0 Å². The Kier molecular flexibility index (Phi) is 8.47. The van der Waals surface area contributed by atoms with Crippen LogP contribution in [0.2, 0.25) is 10.0 Å². The number of carbonyl (C=O) groups is 1. The summed E-state index contributed by atoms with van der Waals surface area (Å²) in [7, 11) is -3.84. The first-order chi connectivity index (χ1) is 17.2. The lowest BCUT2D eigenvalue weighted by molar-refractivity contribution is -0.150. The highest BCUT2D eigenvalue weighted by Crippen LogP contribution is 2.45. The molecular formula is C27H32Cl2N2O4S. The molecule has 194 valence electrons. The minimum Gasteiger partial charge on any atom is -0.333 e. The third-order valence-corrected chi connectivity index (χ3v) is 8.53. The van der Waals surface area contributed by atoms with E-state index in [0.29, 0.717) is 30.1 Å².